The van der Waals surface area contributed by atoms with Crippen molar-refractivity contribution in [2.75, 3.05) is 20.2 Å². The largest absolute Gasteiger partial charge is 0.496 e. The molecule has 3 heterocycles. The zero-order chi connectivity index (χ0) is 17.1. The summed E-state index contributed by atoms with van der Waals surface area (Å²) in [4.78, 5) is 11.6. The van der Waals surface area contributed by atoms with E-state index < -0.39 is 0 Å². The predicted octanol–water partition coefficient (Wildman–Crippen LogP) is 4.19. The van der Waals surface area contributed by atoms with Gasteiger partial charge in [-0.2, -0.15) is 0 Å². The summed E-state index contributed by atoms with van der Waals surface area (Å²) in [7, 11) is 1.66. The number of thiazole rings is 1. The Kier molecular flexibility index (Phi) is 4.81. The highest BCUT2D eigenvalue weighted by atomic mass is 32.1. The number of nitrogens with zero attached hydrogens (tertiary/aromatic N) is 3. The molecule has 6 heteroatoms. The predicted molar refractivity (Wildman–Crippen MR) is 97.9 cm³/mol. The maximum Gasteiger partial charge on any atom is 0.229 e. The fourth-order valence-electron chi connectivity index (χ4n) is 3.36. The highest BCUT2D eigenvalue weighted by Crippen LogP contribution is 2.30. The lowest BCUT2D eigenvalue weighted by atomic mass is 9.94. The molecule has 1 aliphatic rings. The van der Waals surface area contributed by atoms with Crippen LogP contribution in [-0.4, -0.2) is 35.1 Å². The van der Waals surface area contributed by atoms with E-state index >= 15 is 0 Å². The van der Waals surface area contributed by atoms with Crippen LogP contribution in [0.15, 0.2) is 45.8 Å². The van der Waals surface area contributed by atoms with E-state index in [1.165, 1.54) is 5.69 Å². The first-order valence-electron chi connectivity index (χ1n) is 8.51. The van der Waals surface area contributed by atoms with Crippen LogP contribution in [0.2, 0.25) is 0 Å². The fourth-order valence-corrected chi connectivity index (χ4v) is 4.00. The van der Waals surface area contributed by atoms with Gasteiger partial charge in [-0.05, 0) is 38.1 Å². The molecular weight excluding hydrogens is 334 g/mol. The summed E-state index contributed by atoms with van der Waals surface area (Å²) >= 11 is 1.68. The van der Waals surface area contributed by atoms with Crippen molar-refractivity contribution in [1.29, 1.82) is 0 Å². The SMILES string of the molecule is COc1ccccc1-c1nc(CN2CCC(c3cscn3)CC2)co1. The Bertz CT molecular complexity index is 808. The van der Waals surface area contributed by atoms with E-state index in [4.69, 9.17) is 9.15 Å². The Morgan fingerprint density at radius 1 is 1.28 bits per heavy atom. The number of para-hydroxylation sites is 1. The van der Waals surface area contributed by atoms with E-state index in [-0.39, 0.29) is 0 Å². The van der Waals surface area contributed by atoms with E-state index in [1.54, 1.807) is 24.7 Å². The third kappa shape index (κ3) is 3.60. The van der Waals surface area contributed by atoms with E-state index in [0.717, 1.165) is 49.5 Å². The molecule has 5 nitrogen and oxygen atoms in total. The number of benzene rings is 1. The zero-order valence-corrected chi connectivity index (χ0v) is 15.0. The number of hydrogen-bond acceptors (Lipinski definition) is 6. The minimum atomic E-state index is 0.601. The highest BCUT2D eigenvalue weighted by molar-refractivity contribution is 7.07. The monoisotopic (exact) mass is 355 g/mol. The first-order valence-corrected chi connectivity index (χ1v) is 9.46. The Hall–Kier alpha value is -2.18. The third-order valence-corrected chi connectivity index (χ3v) is 5.34. The molecule has 0 unspecified atom stereocenters. The van der Waals surface area contributed by atoms with Gasteiger partial charge in [0, 0.05) is 17.8 Å². The number of ether oxygens (including phenoxy) is 1. The third-order valence-electron chi connectivity index (χ3n) is 4.73. The second kappa shape index (κ2) is 7.37. The van der Waals surface area contributed by atoms with Crippen molar-refractivity contribution in [2.24, 2.45) is 0 Å². The molecule has 1 saturated heterocycles. The van der Waals surface area contributed by atoms with E-state index in [0.29, 0.717) is 11.8 Å². The smallest absolute Gasteiger partial charge is 0.229 e. The highest BCUT2D eigenvalue weighted by Gasteiger charge is 2.22. The van der Waals surface area contributed by atoms with Crippen molar-refractivity contribution in [1.82, 2.24) is 14.9 Å². The molecule has 2 aromatic heterocycles. The number of piperidine rings is 1. The van der Waals surface area contributed by atoms with Gasteiger partial charge in [0.2, 0.25) is 5.89 Å². The number of rotatable bonds is 5. The average Bonchev–Trinajstić information content (AvgIpc) is 3.34. The molecule has 130 valence electrons. The Morgan fingerprint density at radius 3 is 2.88 bits per heavy atom. The van der Waals surface area contributed by atoms with Gasteiger partial charge in [-0.3, -0.25) is 4.90 Å². The van der Waals surface area contributed by atoms with Crippen LogP contribution in [0.5, 0.6) is 5.75 Å². The minimum Gasteiger partial charge on any atom is -0.496 e. The van der Waals surface area contributed by atoms with Gasteiger partial charge in [-0.1, -0.05) is 12.1 Å². The lowest BCUT2D eigenvalue weighted by Gasteiger charge is -2.30. The first kappa shape index (κ1) is 16.3. The van der Waals surface area contributed by atoms with Gasteiger partial charge in [0.15, 0.2) is 0 Å². The molecule has 3 aromatic rings. The van der Waals surface area contributed by atoms with Crippen molar-refractivity contribution in [3.63, 3.8) is 0 Å². The molecule has 1 aliphatic heterocycles. The summed E-state index contributed by atoms with van der Waals surface area (Å²) in [5, 5.41) is 2.18. The molecule has 1 aromatic carbocycles. The number of methoxy groups -OCH3 is 1. The maximum atomic E-state index is 5.69. The van der Waals surface area contributed by atoms with Gasteiger partial charge < -0.3 is 9.15 Å². The number of hydrogen-bond donors (Lipinski definition) is 0. The van der Waals surface area contributed by atoms with Crippen LogP contribution < -0.4 is 4.74 Å². The van der Waals surface area contributed by atoms with Crippen LogP contribution in [0.3, 0.4) is 0 Å². The molecule has 0 aliphatic carbocycles. The molecule has 0 radical (unpaired) electrons. The lowest BCUT2D eigenvalue weighted by Crippen LogP contribution is -2.32. The molecule has 1 fully saturated rings. The summed E-state index contributed by atoms with van der Waals surface area (Å²) < 4.78 is 11.1. The van der Waals surface area contributed by atoms with Crippen LogP contribution in [0.4, 0.5) is 0 Å². The Balaban J connectivity index is 1.39. The molecule has 0 amide bonds. The minimum absolute atomic E-state index is 0.601. The number of likely N-dealkylation sites (tertiary alicyclic amines) is 1. The second-order valence-corrected chi connectivity index (χ2v) is 7.03. The van der Waals surface area contributed by atoms with Gasteiger partial charge in [-0.25, -0.2) is 9.97 Å². The van der Waals surface area contributed by atoms with Gasteiger partial charge in [0.1, 0.15) is 12.0 Å². The molecule has 25 heavy (non-hydrogen) atoms. The molecule has 0 atom stereocenters. The summed E-state index contributed by atoms with van der Waals surface area (Å²) in [6, 6.07) is 7.79. The summed E-state index contributed by atoms with van der Waals surface area (Å²) in [6.45, 7) is 2.96. The second-order valence-electron chi connectivity index (χ2n) is 6.31. The van der Waals surface area contributed by atoms with Gasteiger partial charge in [0.05, 0.1) is 29.6 Å². The first-order chi connectivity index (χ1) is 12.3. The molecule has 0 saturated carbocycles. The van der Waals surface area contributed by atoms with Gasteiger partial charge >= 0.3 is 0 Å². The van der Waals surface area contributed by atoms with Crippen molar-refractivity contribution >= 4 is 11.3 Å². The van der Waals surface area contributed by atoms with Crippen LogP contribution in [-0.2, 0) is 6.54 Å². The summed E-state index contributed by atoms with van der Waals surface area (Å²) in [5.41, 5.74) is 5.03. The molecular formula is C19H21N3O2S. The fraction of sp³-hybridized carbons (Fsp3) is 0.368. The van der Waals surface area contributed by atoms with E-state index in [2.05, 4.69) is 20.2 Å². The normalized spacial score (nSPS) is 16.2. The topological polar surface area (TPSA) is 51.4 Å². The van der Waals surface area contributed by atoms with Crippen LogP contribution in [0.1, 0.15) is 30.1 Å². The van der Waals surface area contributed by atoms with Crippen molar-refractivity contribution in [3.05, 3.63) is 52.8 Å². The Labute approximate surface area is 151 Å². The average molecular weight is 355 g/mol. The van der Waals surface area contributed by atoms with E-state index in [9.17, 15) is 0 Å². The van der Waals surface area contributed by atoms with Crippen molar-refractivity contribution in [2.45, 2.75) is 25.3 Å². The molecule has 0 N–H and O–H groups in total. The summed E-state index contributed by atoms with van der Waals surface area (Å²) in [5.74, 6) is 1.99. The Morgan fingerprint density at radius 2 is 2.12 bits per heavy atom. The number of oxazole rings is 1. The quantitative estimate of drug-likeness (QED) is 0.687. The van der Waals surface area contributed by atoms with Crippen molar-refractivity contribution < 1.29 is 9.15 Å². The molecule has 4 rings (SSSR count). The number of aromatic nitrogens is 2. The molecule has 0 bridgehead atoms. The van der Waals surface area contributed by atoms with Crippen molar-refractivity contribution in [3.8, 4) is 17.2 Å². The van der Waals surface area contributed by atoms with E-state index in [1.807, 2.05) is 29.8 Å². The standard InChI is InChI=1S/C19H21N3O2S/c1-23-18-5-3-2-4-16(18)19-21-15(11-24-19)10-22-8-6-14(7-9-22)17-12-25-13-20-17/h2-5,11-14H,6-10H2,1H3. The van der Waals surface area contributed by atoms with Crippen LogP contribution in [0, 0.1) is 0 Å². The van der Waals surface area contributed by atoms with Gasteiger partial charge in [-0.15, -0.1) is 11.3 Å². The maximum absolute atomic E-state index is 5.69. The molecule has 0 spiro atoms. The van der Waals surface area contributed by atoms with Gasteiger partial charge in [0.25, 0.3) is 0 Å². The summed E-state index contributed by atoms with van der Waals surface area (Å²) in [6.07, 6.45) is 4.07. The van der Waals surface area contributed by atoms with Crippen LogP contribution >= 0.6 is 11.3 Å². The lowest BCUT2D eigenvalue weighted by molar-refractivity contribution is 0.201. The zero-order valence-electron chi connectivity index (χ0n) is 14.2. The van der Waals surface area contributed by atoms with Crippen LogP contribution in [0.25, 0.3) is 11.5 Å².